The second kappa shape index (κ2) is 11.0. The number of rotatable bonds is 9. The molecule has 0 saturated carbocycles. The molecule has 3 rings (SSSR count). The summed E-state index contributed by atoms with van der Waals surface area (Å²) < 4.78 is 32.9. The van der Waals surface area contributed by atoms with Crippen molar-refractivity contribution >= 4 is 35.0 Å². The Kier molecular flexibility index (Phi) is 8.37. The number of thiazole rings is 1. The Morgan fingerprint density at radius 2 is 2.23 bits per heavy atom. The number of nitrogens with zero attached hydrogens (tertiary/aromatic N) is 2. The summed E-state index contributed by atoms with van der Waals surface area (Å²) in [6.07, 6.45) is 2.79. The predicted molar refractivity (Wildman–Crippen MR) is 110 cm³/mol. The summed E-state index contributed by atoms with van der Waals surface area (Å²) in [4.78, 5) is 29.1. The molecule has 1 aromatic rings. The fourth-order valence-electron chi connectivity index (χ4n) is 3.23. The molecule has 0 radical (unpaired) electrons. The van der Waals surface area contributed by atoms with Gasteiger partial charge in [-0.3, -0.25) is 14.5 Å². The highest BCUT2D eigenvalue weighted by Crippen LogP contribution is 2.26. The lowest BCUT2D eigenvalue weighted by Crippen LogP contribution is -2.48. The molecule has 1 fully saturated rings. The number of aliphatic carboxylic acids is 1. The number of allylic oxidation sites excluding steroid dienone is 3. The van der Waals surface area contributed by atoms with Gasteiger partial charge in [-0.15, -0.1) is 11.3 Å². The van der Waals surface area contributed by atoms with Crippen molar-refractivity contribution in [3.8, 4) is 0 Å². The van der Waals surface area contributed by atoms with Crippen molar-refractivity contribution in [1.29, 1.82) is 0 Å². The molecule has 0 aromatic carbocycles. The van der Waals surface area contributed by atoms with Crippen LogP contribution in [0.1, 0.15) is 12.1 Å². The zero-order valence-corrected chi connectivity index (χ0v) is 17.8. The highest BCUT2D eigenvalue weighted by Gasteiger charge is 2.24. The van der Waals surface area contributed by atoms with E-state index in [1.165, 1.54) is 35.3 Å². The number of ether oxygens (including phenoxy) is 1. The molecule has 164 valence electrons. The van der Waals surface area contributed by atoms with E-state index in [-0.39, 0.29) is 30.1 Å². The average Bonchev–Trinajstić information content (AvgIpc) is 3.14. The second-order valence-corrected chi connectivity index (χ2v) is 9.16. The van der Waals surface area contributed by atoms with Crippen LogP contribution in [0.3, 0.4) is 0 Å². The molecule has 1 unspecified atom stereocenters. The smallest absolute Gasteiger partial charge is 0.309 e. The number of carbonyl (C=O) groups excluding carboxylic acids is 1. The van der Waals surface area contributed by atoms with Gasteiger partial charge in [0.25, 0.3) is 0 Å². The zero-order chi connectivity index (χ0) is 21.5. The fourth-order valence-corrected chi connectivity index (χ4v) is 4.91. The molecule has 2 heterocycles. The Bertz CT molecular complexity index is 830. The number of hydrogen-bond acceptors (Lipinski definition) is 7. The molecule has 1 aliphatic heterocycles. The summed E-state index contributed by atoms with van der Waals surface area (Å²) >= 11 is 2.58. The highest BCUT2D eigenvalue weighted by atomic mass is 32.2. The molecule has 0 bridgehead atoms. The summed E-state index contributed by atoms with van der Waals surface area (Å²) in [5, 5.41) is 13.3. The van der Waals surface area contributed by atoms with Gasteiger partial charge in [-0.25, -0.2) is 13.8 Å². The topological polar surface area (TPSA) is 91.8 Å². The van der Waals surface area contributed by atoms with Gasteiger partial charge >= 0.3 is 5.97 Å². The highest BCUT2D eigenvalue weighted by molar-refractivity contribution is 8.01. The van der Waals surface area contributed by atoms with E-state index >= 15 is 0 Å². The standard InChI is InChI=1S/C19H23F2N3O4S2/c20-15-2-1-12(5-16(15)21)8-24-3-4-28-14(9-24)7-22-17(25)11-30-19-23-13(10-29-19)6-18(26)27/h2,5,10,12,14H,1,3-4,6-9,11H2,(H,22,25)(H,26,27)/t12?,14-/m0/s1. The first kappa shape index (κ1) is 22.9. The first-order valence-corrected chi connectivity index (χ1v) is 11.4. The van der Waals surface area contributed by atoms with Gasteiger partial charge in [0.1, 0.15) is 0 Å². The molecule has 2 N–H and O–H groups in total. The number of thioether (sulfide) groups is 1. The van der Waals surface area contributed by atoms with Crippen LogP contribution in [0.2, 0.25) is 0 Å². The van der Waals surface area contributed by atoms with Crippen LogP contribution in [0.5, 0.6) is 0 Å². The first-order valence-electron chi connectivity index (χ1n) is 9.52. The number of nitrogens with one attached hydrogen (secondary N) is 1. The van der Waals surface area contributed by atoms with Crippen LogP contribution in [-0.4, -0.2) is 71.5 Å². The van der Waals surface area contributed by atoms with Crippen molar-refractivity contribution in [2.75, 3.05) is 38.5 Å². The van der Waals surface area contributed by atoms with Crippen LogP contribution in [-0.2, 0) is 20.7 Å². The molecule has 7 nitrogen and oxygen atoms in total. The van der Waals surface area contributed by atoms with Crippen molar-refractivity contribution < 1.29 is 28.2 Å². The Morgan fingerprint density at radius 1 is 1.40 bits per heavy atom. The predicted octanol–water partition coefficient (Wildman–Crippen LogP) is 2.41. The number of carboxylic acid groups (broad SMARTS) is 1. The number of aromatic nitrogens is 1. The largest absolute Gasteiger partial charge is 0.481 e. The lowest BCUT2D eigenvalue weighted by Gasteiger charge is -2.34. The van der Waals surface area contributed by atoms with Gasteiger partial charge in [-0.2, -0.15) is 0 Å². The van der Waals surface area contributed by atoms with Crippen molar-refractivity contribution in [2.45, 2.75) is 23.3 Å². The maximum atomic E-state index is 13.4. The second-order valence-electron chi connectivity index (χ2n) is 7.08. The van der Waals surface area contributed by atoms with E-state index < -0.39 is 17.6 Å². The molecule has 2 atom stereocenters. The Labute approximate surface area is 181 Å². The molecule has 11 heteroatoms. The number of hydrogen-bond donors (Lipinski definition) is 2. The molecule has 1 amide bonds. The molecular formula is C19H23F2N3O4S2. The van der Waals surface area contributed by atoms with Crippen LogP contribution in [0, 0.1) is 5.92 Å². The third-order valence-corrected chi connectivity index (χ3v) is 6.71. The van der Waals surface area contributed by atoms with E-state index in [1.807, 2.05) is 0 Å². The molecule has 1 aromatic heterocycles. The zero-order valence-electron chi connectivity index (χ0n) is 16.2. The van der Waals surface area contributed by atoms with E-state index in [0.717, 1.165) is 0 Å². The number of halogens is 2. The number of carboxylic acids is 1. The quantitative estimate of drug-likeness (QED) is 0.548. The SMILES string of the molecule is O=C(O)Cc1csc(SCC(=O)NC[C@H]2CN(CC3C=C(F)C(F)=CC3)CCO2)n1. The molecular weight excluding hydrogens is 436 g/mol. The van der Waals surface area contributed by atoms with Crippen molar-refractivity contribution in [1.82, 2.24) is 15.2 Å². The summed E-state index contributed by atoms with van der Waals surface area (Å²) in [6, 6.07) is 0. The minimum atomic E-state index is -0.940. The van der Waals surface area contributed by atoms with E-state index in [9.17, 15) is 18.4 Å². The molecule has 0 spiro atoms. The van der Waals surface area contributed by atoms with Gasteiger partial charge in [-0.1, -0.05) is 11.8 Å². The van der Waals surface area contributed by atoms with E-state index in [0.29, 0.717) is 49.2 Å². The van der Waals surface area contributed by atoms with E-state index in [4.69, 9.17) is 9.84 Å². The molecule has 1 saturated heterocycles. The van der Waals surface area contributed by atoms with Crippen molar-refractivity contribution in [2.24, 2.45) is 5.92 Å². The summed E-state index contributed by atoms with van der Waals surface area (Å²) in [7, 11) is 0. The number of morpholine rings is 1. The summed E-state index contributed by atoms with van der Waals surface area (Å²) in [5.41, 5.74) is 0.483. The number of amides is 1. The van der Waals surface area contributed by atoms with Crippen LogP contribution >= 0.6 is 23.1 Å². The van der Waals surface area contributed by atoms with Crippen LogP contribution in [0.25, 0.3) is 0 Å². The minimum absolute atomic E-state index is 0.0708. The Morgan fingerprint density at radius 3 is 3.00 bits per heavy atom. The van der Waals surface area contributed by atoms with E-state index in [1.54, 1.807) is 5.38 Å². The number of carbonyl (C=O) groups is 2. The molecule has 2 aliphatic rings. The van der Waals surface area contributed by atoms with Gasteiger partial charge in [0.15, 0.2) is 16.0 Å². The van der Waals surface area contributed by atoms with Crippen LogP contribution in [0.4, 0.5) is 8.78 Å². The Balaban J connectivity index is 1.36. The van der Waals surface area contributed by atoms with Crippen molar-refractivity contribution in [3.05, 3.63) is 34.9 Å². The van der Waals surface area contributed by atoms with Gasteiger partial charge < -0.3 is 15.2 Å². The first-order chi connectivity index (χ1) is 14.4. The molecule has 30 heavy (non-hydrogen) atoms. The normalized spacial score (nSPS) is 22.3. The minimum Gasteiger partial charge on any atom is -0.481 e. The van der Waals surface area contributed by atoms with Gasteiger partial charge in [-0.05, 0) is 24.5 Å². The monoisotopic (exact) mass is 459 g/mol. The third-order valence-electron chi connectivity index (χ3n) is 4.64. The third kappa shape index (κ3) is 7.15. The lowest BCUT2D eigenvalue weighted by molar-refractivity contribution is -0.136. The van der Waals surface area contributed by atoms with Crippen LogP contribution < -0.4 is 5.32 Å². The average molecular weight is 460 g/mol. The van der Waals surface area contributed by atoms with Gasteiger partial charge in [0.05, 0.1) is 30.6 Å². The van der Waals surface area contributed by atoms with Gasteiger partial charge in [0, 0.05) is 31.6 Å². The molecule has 1 aliphatic carbocycles. The van der Waals surface area contributed by atoms with Gasteiger partial charge in [0.2, 0.25) is 5.91 Å². The maximum Gasteiger partial charge on any atom is 0.309 e. The maximum absolute atomic E-state index is 13.4. The van der Waals surface area contributed by atoms with Crippen LogP contribution in [0.15, 0.2) is 33.5 Å². The Hall–Kier alpha value is -1.82. The lowest BCUT2D eigenvalue weighted by atomic mass is 9.99. The fraction of sp³-hybridized carbons (Fsp3) is 0.526. The van der Waals surface area contributed by atoms with Crippen molar-refractivity contribution in [3.63, 3.8) is 0 Å². The van der Waals surface area contributed by atoms with E-state index in [2.05, 4.69) is 15.2 Å². The summed E-state index contributed by atoms with van der Waals surface area (Å²) in [6.45, 7) is 2.81. The summed E-state index contributed by atoms with van der Waals surface area (Å²) in [5.74, 6) is -2.57.